The molecule has 2 unspecified atom stereocenters. The minimum absolute atomic E-state index is 0. The highest BCUT2D eigenvalue weighted by molar-refractivity contribution is 7.89. The molecule has 1 heterocycles. The lowest BCUT2D eigenvalue weighted by atomic mass is 10.0. The molecule has 0 radical (unpaired) electrons. The number of sulfonamides is 1. The van der Waals surface area contributed by atoms with Gasteiger partial charge in [-0.15, -0.1) is 12.4 Å². The van der Waals surface area contributed by atoms with Crippen molar-refractivity contribution in [1.29, 1.82) is 0 Å². The average Bonchev–Trinajstić information content (AvgIpc) is 2.46. The van der Waals surface area contributed by atoms with Crippen LogP contribution in [-0.4, -0.2) is 32.8 Å². The first-order valence-electron chi connectivity index (χ1n) is 7.31. The standard InChI is InChI=1S/C15H22N2O3S.ClH/c1-3-15(18)12-5-4-6-14(10-12)21(19,20)17-13-7-8-16-11(2)9-13;/h4-6,10-11,13,16-17H,3,7-9H2,1-2H3;1H. The fraction of sp³-hybridized carbons (Fsp3) is 0.533. The van der Waals surface area contributed by atoms with E-state index in [0.29, 0.717) is 18.0 Å². The maximum absolute atomic E-state index is 12.4. The van der Waals surface area contributed by atoms with E-state index in [1.165, 1.54) is 12.1 Å². The van der Waals surface area contributed by atoms with Crippen LogP contribution in [0, 0.1) is 0 Å². The number of piperidine rings is 1. The zero-order chi connectivity index (χ0) is 15.5. The SMILES string of the molecule is CCC(=O)c1cccc(S(=O)(=O)NC2CCNC(C)C2)c1.Cl. The third-order valence-electron chi connectivity index (χ3n) is 3.73. The Morgan fingerprint density at radius 2 is 2.14 bits per heavy atom. The lowest BCUT2D eigenvalue weighted by molar-refractivity contribution is 0.0988. The van der Waals surface area contributed by atoms with Crippen LogP contribution < -0.4 is 10.0 Å². The van der Waals surface area contributed by atoms with Crippen molar-refractivity contribution < 1.29 is 13.2 Å². The highest BCUT2D eigenvalue weighted by atomic mass is 35.5. The largest absolute Gasteiger partial charge is 0.314 e. The molecule has 7 heteroatoms. The Bertz CT molecular complexity index is 619. The number of carbonyl (C=O) groups is 1. The molecule has 1 saturated heterocycles. The number of halogens is 1. The van der Waals surface area contributed by atoms with Crippen LogP contribution in [-0.2, 0) is 10.0 Å². The Balaban J connectivity index is 0.00000242. The van der Waals surface area contributed by atoms with Gasteiger partial charge in [0.25, 0.3) is 0 Å². The van der Waals surface area contributed by atoms with Gasteiger partial charge in [0.05, 0.1) is 4.90 Å². The Hall–Kier alpha value is -0.950. The van der Waals surface area contributed by atoms with E-state index >= 15 is 0 Å². The van der Waals surface area contributed by atoms with E-state index in [2.05, 4.69) is 10.0 Å². The van der Waals surface area contributed by atoms with Gasteiger partial charge in [-0.2, -0.15) is 0 Å². The molecule has 1 fully saturated rings. The van der Waals surface area contributed by atoms with E-state index in [1.807, 2.05) is 6.92 Å². The fourth-order valence-corrected chi connectivity index (χ4v) is 3.90. The van der Waals surface area contributed by atoms with E-state index in [9.17, 15) is 13.2 Å². The topological polar surface area (TPSA) is 75.3 Å². The van der Waals surface area contributed by atoms with Crippen LogP contribution in [0.25, 0.3) is 0 Å². The summed E-state index contributed by atoms with van der Waals surface area (Å²) in [6.45, 7) is 4.61. The van der Waals surface area contributed by atoms with E-state index < -0.39 is 10.0 Å². The number of nitrogens with one attached hydrogen (secondary N) is 2. The minimum atomic E-state index is -3.58. The van der Waals surface area contributed by atoms with Crippen LogP contribution in [0.5, 0.6) is 0 Å². The number of hydrogen-bond donors (Lipinski definition) is 2. The molecule has 0 spiro atoms. The van der Waals surface area contributed by atoms with Crippen molar-refractivity contribution in [3.8, 4) is 0 Å². The Kier molecular flexibility index (Phi) is 6.99. The summed E-state index contributed by atoms with van der Waals surface area (Å²) in [6.07, 6.45) is 1.91. The predicted octanol–water partition coefficient (Wildman–Crippen LogP) is 2.12. The molecule has 22 heavy (non-hydrogen) atoms. The van der Waals surface area contributed by atoms with E-state index in [1.54, 1.807) is 19.1 Å². The van der Waals surface area contributed by atoms with Gasteiger partial charge in [0.1, 0.15) is 0 Å². The normalized spacial score (nSPS) is 21.9. The first-order chi connectivity index (χ1) is 9.92. The molecular formula is C15H23ClN2O3S. The molecule has 0 bridgehead atoms. The summed E-state index contributed by atoms with van der Waals surface area (Å²) in [5.41, 5.74) is 0.444. The molecule has 1 aliphatic rings. The summed E-state index contributed by atoms with van der Waals surface area (Å²) in [6, 6.07) is 6.49. The van der Waals surface area contributed by atoms with Crippen molar-refractivity contribution in [1.82, 2.24) is 10.0 Å². The van der Waals surface area contributed by atoms with Gasteiger partial charge in [0, 0.05) is 24.1 Å². The minimum Gasteiger partial charge on any atom is -0.314 e. The first-order valence-corrected chi connectivity index (χ1v) is 8.79. The van der Waals surface area contributed by atoms with Crippen molar-refractivity contribution in [2.45, 2.75) is 50.1 Å². The summed E-state index contributed by atoms with van der Waals surface area (Å²) in [5.74, 6) is -0.0532. The predicted molar refractivity (Wildman–Crippen MR) is 89.1 cm³/mol. The molecule has 2 rings (SSSR count). The second-order valence-corrected chi connectivity index (χ2v) is 7.22. The van der Waals surface area contributed by atoms with Gasteiger partial charge >= 0.3 is 0 Å². The van der Waals surface area contributed by atoms with Crippen molar-refractivity contribution in [2.75, 3.05) is 6.54 Å². The maximum Gasteiger partial charge on any atom is 0.240 e. The highest BCUT2D eigenvalue weighted by Crippen LogP contribution is 2.16. The number of carbonyl (C=O) groups excluding carboxylic acids is 1. The number of benzene rings is 1. The van der Waals surface area contributed by atoms with Gasteiger partial charge in [-0.1, -0.05) is 19.1 Å². The summed E-state index contributed by atoms with van der Waals surface area (Å²) >= 11 is 0. The van der Waals surface area contributed by atoms with E-state index in [0.717, 1.165) is 19.4 Å². The van der Waals surface area contributed by atoms with Gasteiger partial charge in [-0.3, -0.25) is 4.79 Å². The third-order valence-corrected chi connectivity index (χ3v) is 5.25. The van der Waals surface area contributed by atoms with Crippen LogP contribution in [0.3, 0.4) is 0 Å². The molecule has 1 aromatic carbocycles. The van der Waals surface area contributed by atoms with Gasteiger partial charge in [-0.05, 0) is 38.4 Å². The Morgan fingerprint density at radius 1 is 1.41 bits per heavy atom. The molecular weight excluding hydrogens is 324 g/mol. The number of ketones is 1. The van der Waals surface area contributed by atoms with Crippen molar-refractivity contribution in [3.63, 3.8) is 0 Å². The molecule has 5 nitrogen and oxygen atoms in total. The van der Waals surface area contributed by atoms with Crippen molar-refractivity contribution in [2.24, 2.45) is 0 Å². The van der Waals surface area contributed by atoms with E-state index in [-0.39, 0.29) is 29.1 Å². The molecule has 0 aromatic heterocycles. The highest BCUT2D eigenvalue weighted by Gasteiger charge is 2.24. The molecule has 2 atom stereocenters. The fourth-order valence-electron chi connectivity index (χ4n) is 2.57. The van der Waals surface area contributed by atoms with E-state index in [4.69, 9.17) is 0 Å². The van der Waals surface area contributed by atoms with Crippen LogP contribution in [0.15, 0.2) is 29.2 Å². The quantitative estimate of drug-likeness (QED) is 0.801. The Morgan fingerprint density at radius 3 is 2.77 bits per heavy atom. The average molecular weight is 347 g/mol. The summed E-state index contributed by atoms with van der Waals surface area (Å²) in [4.78, 5) is 11.9. The Labute approximate surface area is 138 Å². The van der Waals surface area contributed by atoms with Crippen LogP contribution in [0.1, 0.15) is 43.5 Å². The number of hydrogen-bond acceptors (Lipinski definition) is 4. The summed E-state index contributed by atoms with van der Waals surface area (Å²) in [5, 5.41) is 3.29. The second kappa shape index (κ2) is 8.06. The van der Waals surface area contributed by atoms with Gasteiger partial charge < -0.3 is 5.32 Å². The monoisotopic (exact) mass is 346 g/mol. The van der Waals surface area contributed by atoms with Crippen molar-refractivity contribution in [3.05, 3.63) is 29.8 Å². The van der Waals surface area contributed by atoms with Crippen LogP contribution in [0.4, 0.5) is 0 Å². The molecule has 124 valence electrons. The molecule has 2 N–H and O–H groups in total. The number of Topliss-reactive ketones (excluding diaryl/α,β-unsaturated/α-hetero) is 1. The molecule has 0 amide bonds. The third kappa shape index (κ3) is 4.78. The lowest BCUT2D eigenvalue weighted by Gasteiger charge is -2.28. The molecule has 1 aromatic rings. The van der Waals surface area contributed by atoms with Crippen molar-refractivity contribution >= 4 is 28.2 Å². The summed E-state index contributed by atoms with van der Waals surface area (Å²) < 4.78 is 27.6. The molecule has 0 saturated carbocycles. The zero-order valence-corrected chi connectivity index (χ0v) is 14.5. The smallest absolute Gasteiger partial charge is 0.240 e. The van der Waals surface area contributed by atoms with Crippen LogP contribution >= 0.6 is 12.4 Å². The molecule has 0 aliphatic carbocycles. The van der Waals surface area contributed by atoms with Crippen LogP contribution in [0.2, 0.25) is 0 Å². The summed E-state index contributed by atoms with van der Waals surface area (Å²) in [7, 11) is -3.58. The van der Waals surface area contributed by atoms with Gasteiger partial charge in [0.15, 0.2) is 5.78 Å². The number of rotatable bonds is 5. The first kappa shape index (κ1) is 19.1. The zero-order valence-electron chi connectivity index (χ0n) is 12.8. The second-order valence-electron chi connectivity index (χ2n) is 5.50. The van der Waals surface area contributed by atoms with Gasteiger partial charge in [0.2, 0.25) is 10.0 Å². The molecule has 1 aliphatic heterocycles. The van der Waals surface area contributed by atoms with Gasteiger partial charge in [-0.25, -0.2) is 13.1 Å². The lowest BCUT2D eigenvalue weighted by Crippen LogP contribution is -2.46. The maximum atomic E-state index is 12.4.